The minimum atomic E-state index is 0.686. The van der Waals surface area contributed by atoms with Gasteiger partial charge in [0.2, 0.25) is 0 Å². The SMILES string of the molecule is Clc1cc2nc3ccccn3c2cc1Br. The third-order valence-corrected chi connectivity index (χ3v) is 3.55. The highest BCUT2D eigenvalue weighted by Crippen LogP contribution is 2.28. The molecule has 4 heteroatoms. The second-order valence-corrected chi connectivity index (χ2v) is 4.56. The van der Waals surface area contributed by atoms with Gasteiger partial charge in [0.05, 0.1) is 16.1 Å². The number of rotatable bonds is 0. The van der Waals surface area contributed by atoms with Gasteiger partial charge in [-0.1, -0.05) is 17.7 Å². The van der Waals surface area contributed by atoms with Gasteiger partial charge in [0.15, 0.2) is 0 Å². The smallest absolute Gasteiger partial charge is 0.137 e. The fraction of sp³-hybridized carbons (Fsp3) is 0. The Balaban J connectivity index is 2.56. The maximum absolute atomic E-state index is 6.02. The van der Waals surface area contributed by atoms with E-state index >= 15 is 0 Å². The largest absolute Gasteiger partial charge is 0.300 e. The maximum atomic E-state index is 6.02. The zero-order valence-corrected chi connectivity index (χ0v) is 9.96. The molecule has 3 rings (SSSR count). The Kier molecular flexibility index (Phi) is 1.97. The highest BCUT2D eigenvalue weighted by atomic mass is 79.9. The molecule has 0 atom stereocenters. The van der Waals surface area contributed by atoms with Crippen LogP contribution in [0.3, 0.4) is 0 Å². The summed E-state index contributed by atoms with van der Waals surface area (Å²) in [6, 6.07) is 9.78. The van der Waals surface area contributed by atoms with Crippen molar-refractivity contribution in [1.82, 2.24) is 9.38 Å². The van der Waals surface area contributed by atoms with Crippen molar-refractivity contribution in [1.29, 1.82) is 0 Å². The maximum Gasteiger partial charge on any atom is 0.137 e. The number of hydrogen-bond donors (Lipinski definition) is 0. The Labute approximate surface area is 99.6 Å². The van der Waals surface area contributed by atoms with E-state index < -0.39 is 0 Å². The van der Waals surface area contributed by atoms with Gasteiger partial charge in [-0.3, -0.25) is 4.40 Å². The molecule has 0 unspecified atom stereocenters. The van der Waals surface area contributed by atoms with E-state index in [1.807, 2.05) is 40.9 Å². The molecule has 2 nitrogen and oxygen atoms in total. The van der Waals surface area contributed by atoms with Crippen molar-refractivity contribution in [3.05, 3.63) is 46.0 Å². The summed E-state index contributed by atoms with van der Waals surface area (Å²) in [7, 11) is 0. The van der Waals surface area contributed by atoms with Crippen molar-refractivity contribution in [3.63, 3.8) is 0 Å². The molecular formula is C11H6BrClN2. The van der Waals surface area contributed by atoms with Gasteiger partial charge in [-0.05, 0) is 40.2 Å². The summed E-state index contributed by atoms with van der Waals surface area (Å²) in [5, 5.41) is 0.686. The van der Waals surface area contributed by atoms with Gasteiger partial charge >= 0.3 is 0 Å². The van der Waals surface area contributed by atoms with E-state index in [1.54, 1.807) is 0 Å². The van der Waals surface area contributed by atoms with Crippen LogP contribution in [0.5, 0.6) is 0 Å². The Hall–Kier alpha value is -1.06. The van der Waals surface area contributed by atoms with Crippen LogP contribution in [0, 0.1) is 0 Å². The number of benzene rings is 1. The average molecular weight is 282 g/mol. The number of imidazole rings is 1. The summed E-state index contributed by atoms with van der Waals surface area (Å²) in [5.41, 5.74) is 2.90. The van der Waals surface area contributed by atoms with Gasteiger partial charge < -0.3 is 0 Å². The van der Waals surface area contributed by atoms with E-state index in [1.165, 1.54) is 0 Å². The first-order valence-corrected chi connectivity index (χ1v) is 5.64. The summed E-state index contributed by atoms with van der Waals surface area (Å²) >= 11 is 9.43. The Morgan fingerprint density at radius 1 is 1.27 bits per heavy atom. The predicted octanol–water partition coefficient (Wildman–Crippen LogP) is 3.90. The molecule has 2 aromatic heterocycles. The molecule has 0 saturated heterocycles. The fourth-order valence-corrected chi connectivity index (χ4v) is 2.15. The quantitative estimate of drug-likeness (QED) is 0.611. The molecule has 2 heterocycles. The van der Waals surface area contributed by atoms with Gasteiger partial charge in [-0.2, -0.15) is 0 Å². The minimum Gasteiger partial charge on any atom is -0.300 e. The Morgan fingerprint density at radius 3 is 3.00 bits per heavy atom. The van der Waals surface area contributed by atoms with Gasteiger partial charge in [-0.15, -0.1) is 0 Å². The van der Waals surface area contributed by atoms with Gasteiger partial charge in [-0.25, -0.2) is 4.98 Å². The zero-order valence-electron chi connectivity index (χ0n) is 7.61. The van der Waals surface area contributed by atoms with Crippen molar-refractivity contribution in [3.8, 4) is 0 Å². The molecule has 0 amide bonds. The lowest BCUT2D eigenvalue weighted by Gasteiger charge is -1.96. The highest BCUT2D eigenvalue weighted by molar-refractivity contribution is 9.10. The third kappa shape index (κ3) is 1.34. The zero-order chi connectivity index (χ0) is 10.4. The Morgan fingerprint density at radius 2 is 2.13 bits per heavy atom. The van der Waals surface area contributed by atoms with E-state index in [4.69, 9.17) is 11.6 Å². The summed E-state index contributed by atoms with van der Waals surface area (Å²) in [5.74, 6) is 0. The predicted molar refractivity (Wildman–Crippen MR) is 65.4 cm³/mol. The van der Waals surface area contributed by atoms with Crippen molar-refractivity contribution in [2.75, 3.05) is 0 Å². The molecule has 0 saturated carbocycles. The Bertz CT molecular complexity index is 660. The molecule has 0 bridgehead atoms. The van der Waals surface area contributed by atoms with Gasteiger partial charge in [0.1, 0.15) is 5.65 Å². The molecule has 1 aromatic carbocycles. The molecule has 0 aliphatic carbocycles. The first-order valence-electron chi connectivity index (χ1n) is 4.47. The van der Waals surface area contributed by atoms with E-state index in [0.717, 1.165) is 21.2 Å². The van der Waals surface area contributed by atoms with Crippen LogP contribution >= 0.6 is 27.5 Å². The van der Waals surface area contributed by atoms with Crippen LogP contribution in [0.1, 0.15) is 0 Å². The summed E-state index contributed by atoms with van der Waals surface area (Å²) in [6.45, 7) is 0. The van der Waals surface area contributed by atoms with Crippen LogP contribution < -0.4 is 0 Å². The molecule has 15 heavy (non-hydrogen) atoms. The topological polar surface area (TPSA) is 17.3 Å². The first-order chi connectivity index (χ1) is 7.25. The third-order valence-electron chi connectivity index (χ3n) is 2.35. The fourth-order valence-electron chi connectivity index (χ4n) is 1.66. The molecule has 0 radical (unpaired) electrons. The van der Waals surface area contributed by atoms with Crippen molar-refractivity contribution in [2.45, 2.75) is 0 Å². The number of halogens is 2. The van der Waals surface area contributed by atoms with Crippen LogP contribution in [0.15, 0.2) is 41.0 Å². The van der Waals surface area contributed by atoms with E-state index in [0.29, 0.717) is 5.02 Å². The second-order valence-electron chi connectivity index (χ2n) is 3.30. The number of fused-ring (bicyclic) bond motifs is 3. The number of pyridine rings is 1. The number of nitrogens with zero attached hydrogens (tertiary/aromatic N) is 2. The van der Waals surface area contributed by atoms with E-state index in [2.05, 4.69) is 20.9 Å². The standard InChI is InChI=1S/C11H6BrClN2/c12-7-5-10-9(6-8(7)13)14-11-3-1-2-4-15(10)11/h1-6H. The summed E-state index contributed by atoms with van der Waals surface area (Å²) < 4.78 is 2.93. The van der Waals surface area contributed by atoms with Crippen LogP contribution in [-0.4, -0.2) is 9.38 Å². The van der Waals surface area contributed by atoms with Gasteiger partial charge in [0, 0.05) is 10.7 Å². The normalized spacial score (nSPS) is 11.3. The van der Waals surface area contributed by atoms with Crippen LogP contribution in [0.4, 0.5) is 0 Å². The lowest BCUT2D eigenvalue weighted by atomic mass is 10.3. The van der Waals surface area contributed by atoms with Crippen molar-refractivity contribution < 1.29 is 0 Å². The monoisotopic (exact) mass is 280 g/mol. The summed E-state index contributed by atoms with van der Waals surface area (Å²) in [4.78, 5) is 4.47. The molecule has 0 aliphatic heterocycles. The van der Waals surface area contributed by atoms with Gasteiger partial charge in [0.25, 0.3) is 0 Å². The van der Waals surface area contributed by atoms with Crippen molar-refractivity contribution >= 4 is 44.2 Å². The minimum absolute atomic E-state index is 0.686. The van der Waals surface area contributed by atoms with E-state index in [9.17, 15) is 0 Å². The number of hydrogen-bond acceptors (Lipinski definition) is 1. The van der Waals surface area contributed by atoms with Crippen LogP contribution in [0.2, 0.25) is 5.02 Å². The first kappa shape index (κ1) is 9.19. The van der Waals surface area contributed by atoms with Crippen molar-refractivity contribution in [2.24, 2.45) is 0 Å². The lowest BCUT2D eigenvalue weighted by molar-refractivity contribution is 1.23. The highest BCUT2D eigenvalue weighted by Gasteiger charge is 2.06. The second kappa shape index (κ2) is 3.22. The molecule has 3 aromatic rings. The molecule has 0 N–H and O–H groups in total. The molecular weight excluding hydrogens is 275 g/mol. The molecule has 0 aliphatic rings. The summed E-state index contributed by atoms with van der Waals surface area (Å²) in [6.07, 6.45) is 1.99. The average Bonchev–Trinajstić information content (AvgIpc) is 2.57. The molecule has 0 fully saturated rings. The lowest BCUT2D eigenvalue weighted by Crippen LogP contribution is -1.81. The number of aromatic nitrogens is 2. The molecule has 0 spiro atoms. The van der Waals surface area contributed by atoms with Crippen LogP contribution in [-0.2, 0) is 0 Å². The molecule has 74 valence electrons. The van der Waals surface area contributed by atoms with Crippen LogP contribution in [0.25, 0.3) is 16.7 Å². The van der Waals surface area contributed by atoms with E-state index in [-0.39, 0.29) is 0 Å².